The molecule has 0 unspecified atom stereocenters. The molecule has 1 fully saturated rings. The van der Waals surface area contributed by atoms with Gasteiger partial charge in [-0.2, -0.15) is 0 Å². The molecular weight excluding hydrogens is 438 g/mol. The molecule has 2 aliphatic rings. The summed E-state index contributed by atoms with van der Waals surface area (Å²) in [5.41, 5.74) is 11.0. The number of methoxy groups -OCH3 is 1. The molecule has 0 bridgehead atoms. The summed E-state index contributed by atoms with van der Waals surface area (Å²) in [6.45, 7) is 0.574. The fourth-order valence-electron chi connectivity index (χ4n) is 4.24. The first-order valence-electron chi connectivity index (χ1n) is 10.9. The van der Waals surface area contributed by atoms with E-state index >= 15 is 0 Å². The standard InChI is InChI=1S/C25H24ClN5O2/c1-33-23-17(26)4-2-5-19(23)31-22-20-18(8-13-29-24(20)32)30-21(22)16-7-12-28-14-15(16)6-11-25(27)9-3-10-25/h2,4-5,7,12,14,30-31H,3,8-10,13,27H2,1H3,(H,29,32). The molecule has 0 radical (unpaired) electrons. The molecule has 1 aliphatic heterocycles. The van der Waals surface area contributed by atoms with Crippen molar-refractivity contribution in [2.24, 2.45) is 5.73 Å². The second-order valence-electron chi connectivity index (χ2n) is 8.36. The lowest BCUT2D eigenvalue weighted by molar-refractivity contribution is 0.0947. The molecule has 1 aromatic carbocycles. The SMILES string of the molecule is COc1c(Cl)cccc1Nc1c(-c2ccncc2C#CC2(N)CCC2)[nH]c2c1C(=O)NCC2. The lowest BCUT2D eigenvalue weighted by Gasteiger charge is -2.32. The molecule has 168 valence electrons. The lowest BCUT2D eigenvalue weighted by atomic mass is 9.78. The number of fused-ring (bicyclic) bond motifs is 1. The van der Waals surface area contributed by atoms with Gasteiger partial charge >= 0.3 is 0 Å². The third-order valence-corrected chi connectivity index (χ3v) is 6.48. The van der Waals surface area contributed by atoms with Crippen LogP contribution in [0.25, 0.3) is 11.3 Å². The summed E-state index contributed by atoms with van der Waals surface area (Å²) in [7, 11) is 1.56. The minimum absolute atomic E-state index is 0.140. The van der Waals surface area contributed by atoms with Gasteiger partial charge in [0.15, 0.2) is 5.75 Å². The molecule has 33 heavy (non-hydrogen) atoms. The number of rotatable bonds is 4. The number of halogens is 1. The second kappa shape index (κ2) is 8.47. The van der Waals surface area contributed by atoms with E-state index in [-0.39, 0.29) is 5.91 Å². The Morgan fingerprint density at radius 1 is 1.30 bits per heavy atom. The van der Waals surface area contributed by atoms with Crippen molar-refractivity contribution in [2.75, 3.05) is 19.0 Å². The van der Waals surface area contributed by atoms with Crippen LogP contribution in [-0.4, -0.2) is 35.1 Å². The number of aromatic nitrogens is 2. The number of nitrogens with one attached hydrogen (secondary N) is 3. The Hall–Kier alpha value is -3.47. The number of hydrogen-bond donors (Lipinski definition) is 4. The molecule has 2 aromatic heterocycles. The summed E-state index contributed by atoms with van der Waals surface area (Å²) in [5.74, 6) is 6.82. The zero-order valence-corrected chi connectivity index (χ0v) is 19.0. The Morgan fingerprint density at radius 3 is 2.91 bits per heavy atom. The number of nitrogens with two attached hydrogens (primary N) is 1. The Morgan fingerprint density at radius 2 is 2.15 bits per heavy atom. The van der Waals surface area contributed by atoms with Gasteiger partial charge < -0.3 is 26.1 Å². The minimum atomic E-state index is -0.433. The smallest absolute Gasteiger partial charge is 0.255 e. The minimum Gasteiger partial charge on any atom is -0.493 e. The van der Waals surface area contributed by atoms with Gasteiger partial charge in [-0.3, -0.25) is 9.78 Å². The predicted octanol–water partition coefficient (Wildman–Crippen LogP) is 4.00. The van der Waals surface area contributed by atoms with Gasteiger partial charge in [0.25, 0.3) is 5.91 Å². The number of hydrogen-bond acceptors (Lipinski definition) is 5. The number of aromatic amines is 1. The number of carbonyl (C=O) groups excluding carboxylic acids is 1. The number of H-pyrrole nitrogens is 1. The highest BCUT2D eigenvalue weighted by Crippen LogP contribution is 2.41. The normalized spacial score (nSPS) is 16.0. The number of benzene rings is 1. The number of pyridine rings is 1. The van der Waals surface area contributed by atoms with Crippen molar-refractivity contribution in [2.45, 2.75) is 31.2 Å². The van der Waals surface area contributed by atoms with Crippen LogP contribution in [0.3, 0.4) is 0 Å². The second-order valence-corrected chi connectivity index (χ2v) is 8.77. The van der Waals surface area contributed by atoms with Gasteiger partial charge in [-0.05, 0) is 37.5 Å². The Labute approximate surface area is 197 Å². The molecule has 0 atom stereocenters. The zero-order chi connectivity index (χ0) is 23.0. The maximum absolute atomic E-state index is 12.9. The number of anilines is 2. The van der Waals surface area contributed by atoms with Crippen LogP contribution >= 0.6 is 11.6 Å². The van der Waals surface area contributed by atoms with Crippen molar-refractivity contribution in [3.05, 3.63) is 58.5 Å². The summed E-state index contributed by atoms with van der Waals surface area (Å²) < 4.78 is 5.51. The molecule has 0 saturated heterocycles. The maximum atomic E-state index is 12.9. The number of ether oxygens (including phenoxy) is 1. The van der Waals surface area contributed by atoms with E-state index in [0.29, 0.717) is 40.7 Å². The summed E-state index contributed by atoms with van der Waals surface area (Å²) in [6.07, 6.45) is 7.03. The first kappa shape index (κ1) is 21.4. The van der Waals surface area contributed by atoms with Gasteiger partial charge in [0.1, 0.15) is 0 Å². The largest absolute Gasteiger partial charge is 0.493 e. The fraction of sp³-hybridized carbons (Fsp3) is 0.280. The van der Waals surface area contributed by atoms with E-state index in [2.05, 4.69) is 32.4 Å². The van der Waals surface area contributed by atoms with Crippen molar-refractivity contribution in [1.29, 1.82) is 0 Å². The van der Waals surface area contributed by atoms with Crippen LogP contribution in [0.2, 0.25) is 5.02 Å². The van der Waals surface area contributed by atoms with Crippen LogP contribution < -0.4 is 21.1 Å². The number of amides is 1. The molecule has 7 nitrogen and oxygen atoms in total. The van der Waals surface area contributed by atoms with Gasteiger partial charge in [-0.25, -0.2) is 0 Å². The van der Waals surface area contributed by atoms with E-state index < -0.39 is 5.54 Å². The van der Waals surface area contributed by atoms with Gasteiger partial charge in [0.05, 0.1) is 45.9 Å². The van der Waals surface area contributed by atoms with Crippen molar-refractivity contribution >= 4 is 28.9 Å². The first-order chi connectivity index (χ1) is 16.0. The van der Waals surface area contributed by atoms with Crippen molar-refractivity contribution in [3.8, 4) is 28.8 Å². The monoisotopic (exact) mass is 461 g/mol. The van der Waals surface area contributed by atoms with E-state index in [9.17, 15) is 4.79 Å². The van der Waals surface area contributed by atoms with Gasteiger partial charge in [0.2, 0.25) is 0 Å². The molecular formula is C25H24ClN5O2. The number of carbonyl (C=O) groups is 1. The Balaban J connectivity index is 1.66. The van der Waals surface area contributed by atoms with Crippen LogP contribution in [0.5, 0.6) is 5.75 Å². The first-order valence-corrected chi connectivity index (χ1v) is 11.3. The van der Waals surface area contributed by atoms with Gasteiger partial charge in [-0.15, -0.1) is 0 Å². The number of para-hydroxylation sites is 1. The molecule has 3 aromatic rings. The fourth-order valence-corrected chi connectivity index (χ4v) is 4.49. The van der Waals surface area contributed by atoms with Crippen LogP contribution in [0.1, 0.15) is 40.9 Å². The van der Waals surface area contributed by atoms with E-state index in [0.717, 1.165) is 41.8 Å². The lowest BCUT2D eigenvalue weighted by Crippen LogP contribution is -2.44. The van der Waals surface area contributed by atoms with E-state index in [1.807, 2.05) is 18.2 Å². The quantitative estimate of drug-likeness (QED) is 0.439. The number of nitrogens with zero attached hydrogens (tertiary/aromatic N) is 1. The average Bonchev–Trinajstić information content (AvgIpc) is 3.16. The highest BCUT2D eigenvalue weighted by atomic mass is 35.5. The third-order valence-electron chi connectivity index (χ3n) is 6.18. The average molecular weight is 462 g/mol. The van der Waals surface area contributed by atoms with Crippen LogP contribution in [-0.2, 0) is 6.42 Å². The summed E-state index contributed by atoms with van der Waals surface area (Å²) in [6, 6.07) is 7.33. The summed E-state index contributed by atoms with van der Waals surface area (Å²) in [5, 5.41) is 6.80. The van der Waals surface area contributed by atoms with Crippen molar-refractivity contribution in [3.63, 3.8) is 0 Å². The van der Waals surface area contributed by atoms with E-state index in [1.54, 1.807) is 25.6 Å². The molecule has 1 saturated carbocycles. The molecule has 3 heterocycles. The molecule has 5 rings (SSSR count). The maximum Gasteiger partial charge on any atom is 0.255 e. The Kier molecular flexibility index (Phi) is 5.49. The predicted molar refractivity (Wildman–Crippen MR) is 129 cm³/mol. The summed E-state index contributed by atoms with van der Waals surface area (Å²) in [4.78, 5) is 20.6. The van der Waals surface area contributed by atoms with Crippen molar-refractivity contribution in [1.82, 2.24) is 15.3 Å². The topological polar surface area (TPSA) is 105 Å². The van der Waals surface area contributed by atoms with Gasteiger partial charge in [0, 0.05) is 36.6 Å². The third kappa shape index (κ3) is 3.92. The zero-order valence-electron chi connectivity index (χ0n) is 18.2. The Bertz CT molecular complexity index is 1300. The molecule has 8 heteroatoms. The highest BCUT2D eigenvalue weighted by molar-refractivity contribution is 6.32. The van der Waals surface area contributed by atoms with Crippen LogP contribution in [0.15, 0.2) is 36.7 Å². The summed E-state index contributed by atoms with van der Waals surface area (Å²) >= 11 is 6.34. The van der Waals surface area contributed by atoms with E-state index in [1.165, 1.54) is 0 Å². The van der Waals surface area contributed by atoms with E-state index in [4.69, 9.17) is 22.1 Å². The highest BCUT2D eigenvalue weighted by Gasteiger charge is 2.31. The molecule has 5 N–H and O–H groups in total. The van der Waals surface area contributed by atoms with Crippen LogP contribution in [0, 0.1) is 11.8 Å². The molecule has 1 amide bonds. The van der Waals surface area contributed by atoms with Gasteiger partial charge in [-0.1, -0.05) is 29.5 Å². The molecule has 1 aliphatic carbocycles. The molecule has 0 spiro atoms. The van der Waals surface area contributed by atoms with Crippen molar-refractivity contribution < 1.29 is 9.53 Å². The van der Waals surface area contributed by atoms with Crippen LogP contribution in [0.4, 0.5) is 11.4 Å².